The van der Waals surface area contributed by atoms with Gasteiger partial charge in [0.05, 0.1) is 10.9 Å². The molecule has 0 aliphatic heterocycles. The van der Waals surface area contributed by atoms with Gasteiger partial charge in [0.15, 0.2) is 0 Å². The molecule has 7 N–H and O–H groups in total. The van der Waals surface area contributed by atoms with E-state index in [1.165, 1.54) is 6.07 Å². The molecule has 3 atom stereocenters. The van der Waals surface area contributed by atoms with Crippen molar-refractivity contribution in [1.82, 2.24) is 25.5 Å². The molecular weight excluding hydrogens is 580 g/mol. The van der Waals surface area contributed by atoms with Crippen LogP contribution in [0.1, 0.15) is 30.0 Å². The first-order chi connectivity index (χ1) is 21.6. The standard InChI is InChI=1S/C32H34N6O7/c33-31(44)34-17-9-16-24(30(42)43)35-27(39)25(18-20-10-3-1-4-11-20)36-28(40)26(19-21-12-5-2-6-13-21)38-29(41)22-14-7-8-15-23(22)37-32(38)45/h1-8,10-15,24-26H,9,16-19H2,(H,35,39)(H,36,40)(H,37,45)(H,42,43)(H3,33,34,44). The van der Waals surface area contributed by atoms with E-state index in [0.29, 0.717) is 16.6 Å². The van der Waals surface area contributed by atoms with Crippen molar-refractivity contribution in [3.8, 4) is 0 Å². The highest BCUT2D eigenvalue weighted by atomic mass is 16.4. The van der Waals surface area contributed by atoms with Gasteiger partial charge in [0.2, 0.25) is 11.8 Å². The van der Waals surface area contributed by atoms with Gasteiger partial charge in [-0.25, -0.2) is 19.0 Å². The Labute approximate surface area is 257 Å². The maximum atomic E-state index is 14.0. The van der Waals surface area contributed by atoms with Crippen LogP contribution in [-0.4, -0.2) is 57.1 Å². The van der Waals surface area contributed by atoms with E-state index >= 15 is 0 Å². The molecule has 1 heterocycles. The molecule has 234 valence electrons. The number of urea groups is 1. The van der Waals surface area contributed by atoms with Gasteiger partial charge < -0.3 is 31.8 Å². The maximum absolute atomic E-state index is 14.0. The summed E-state index contributed by atoms with van der Waals surface area (Å²) >= 11 is 0. The van der Waals surface area contributed by atoms with E-state index in [0.717, 1.165) is 4.57 Å². The fourth-order valence-corrected chi connectivity index (χ4v) is 4.97. The second-order valence-electron chi connectivity index (χ2n) is 10.4. The van der Waals surface area contributed by atoms with E-state index in [1.807, 2.05) is 0 Å². The van der Waals surface area contributed by atoms with Crippen molar-refractivity contribution in [3.05, 3.63) is 117 Å². The number of amides is 4. The lowest BCUT2D eigenvalue weighted by Gasteiger charge is -2.25. The summed E-state index contributed by atoms with van der Waals surface area (Å²) in [5, 5.41) is 17.5. The lowest BCUT2D eigenvalue weighted by molar-refractivity contribution is -0.142. The molecule has 0 spiro atoms. The monoisotopic (exact) mass is 614 g/mol. The fourth-order valence-electron chi connectivity index (χ4n) is 4.97. The zero-order valence-corrected chi connectivity index (χ0v) is 24.3. The number of H-pyrrole nitrogens is 1. The van der Waals surface area contributed by atoms with Crippen molar-refractivity contribution in [3.63, 3.8) is 0 Å². The third-order valence-corrected chi connectivity index (χ3v) is 7.22. The molecule has 0 bridgehead atoms. The summed E-state index contributed by atoms with van der Waals surface area (Å²) < 4.78 is 0.841. The molecule has 0 saturated carbocycles. The van der Waals surface area contributed by atoms with Crippen molar-refractivity contribution in [2.24, 2.45) is 5.73 Å². The van der Waals surface area contributed by atoms with E-state index in [-0.39, 0.29) is 37.6 Å². The summed E-state index contributed by atoms with van der Waals surface area (Å²) in [7, 11) is 0. The third-order valence-electron chi connectivity index (χ3n) is 7.22. The highest BCUT2D eigenvalue weighted by Crippen LogP contribution is 2.15. The predicted molar refractivity (Wildman–Crippen MR) is 166 cm³/mol. The number of aromatic nitrogens is 2. The zero-order chi connectivity index (χ0) is 32.3. The molecule has 0 fully saturated rings. The SMILES string of the molecule is NC(=O)NCCCC(NC(=O)C(Cc1ccccc1)NC(=O)C(Cc1ccccc1)n1c(=O)[nH]c2ccccc2c1=O)C(=O)O. The van der Waals surface area contributed by atoms with Crippen LogP contribution >= 0.6 is 0 Å². The largest absolute Gasteiger partial charge is 0.480 e. The Bertz CT molecular complexity index is 1770. The second kappa shape index (κ2) is 15.1. The Kier molecular flexibility index (Phi) is 10.8. The molecule has 0 aliphatic rings. The molecule has 45 heavy (non-hydrogen) atoms. The molecule has 4 aromatic rings. The summed E-state index contributed by atoms with van der Waals surface area (Å²) in [4.78, 5) is 79.9. The van der Waals surface area contributed by atoms with Crippen LogP contribution in [0.4, 0.5) is 4.79 Å². The van der Waals surface area contributed by atoms with E-state index < -0.39 is 53.2 Å². The van der Waals surface area contributed by atoms with Crippen molar-refractivity contribution >= 4 is 34.7 Å². The number of benzene rings is 3. The van der Waals surface area contributed by atoms with Gasteiger partial charge in [0, 0.05) is 19.4 Å². The molecule has 1 aromatic heterocycles. The summed E-state index contributed by atoms with van der Waals surface area (Å²) in [6.07, 6.45) is 0.141. The number of carbonyl (C=O) groups is 4. The molecule has 4 rings (SSSR count). The van der Waals surface area contributed by atoms with Crippen LogP contribution in [-0.2, 0) is 27.2 Å². The first-order valence-corrected chi connectivity index (χ1v) is 14.3. The molecule has 0 aliphatic carbocycles. The van der Waals surface area contributed by atoms with E-state index in [4.69, 9.17) is 5.73 Å². The molecule has 4 amide bonds. The van der Waals surface area contributed by atoms with Gasteiger partial charge in [-0.2, -0.15) is 0 Å². The van der Waals surface area contributed by atoms with Gasteiger partial charge in [-0.1, -0.05) is 72.8 Å². The Morgan fingerprint density at radius 1 is 0.778 bits per heavy atom. The number of fused-ring (bicyclic) bond motifs is 1. The van der Waals surface area contributed by atoms with Gasteiger partial charge >= 0.3 is 17.7 Å². The van der Waals surface area contributed by atoms with E-state index in [1.54, 1.807) is 78.9 Å². The lowest BCUT2D eigenvalue weighted by atomic mass is 10.0. The summed E-state index contributed by atoms with van der Waals surface area (Å²) in [5.74, 6) is -2.86. The summed E-state index contributed by atoms with van der Waals surface area (Å²) in [6.45, 7) is 0.107. The number of para-hydroxylation sites is 1. The molecule has 13 nitrogen and oxygen atoms in total. The van der Waals surface area contributed by atoms with Crippen LogP contribution in [0.2, 0.25) is 0 Å². The van der Waals surface area contributed by atoms with Crippen LogP contribution in [0, 0.1) is 0 Å². The molecule has 13 heteroatoms. The van der Waals surface area contributed by atoms with Gasteiger partial charge in [-0.15, -0.1) is 0 Å². The lowest BCUT2D eigenvalue weighted by Crippen LogP contribution is -2.55. The Morgan fingerprint density at radius 2 is 1.36 bits per heavy atom. The van der Waals surface area contributed by atoms with E-state index in [9.17, 15) is 33.9 Å². The van der Waals surface area contributed by atoms with Gasteiger partial charge in [-0.05, 0) is 36.1 Å². The number of nitrogens with two attached hydrogens (primary N) is 1. The Balaban J connectivity index is 1.67. The third kappa shape index (κ3) is 8.66. The number of nitrogens with one attached hydrogen (secondary N) is 4. The molecule has 3 aromatic carbocycles. The van der Waals surface area contributed by atoms with Crippen molar-refractivity contribution in [2.45, 2.75) is 43.8 Å². The summed E-state index contributed by atoms with van der Waals surface area (Å²) in [5.41, 5.74) is 5.23. The average Bonchev–Trinajstić information content (AvgIpc) is 3.02. The Hall–Kier alpha value is -5.72. The number of aromatic amines is 1. The second-order valence-corrected chi connectivity index (χ2v) is 10.4. The van der Waals surface area contributed by atoms with Crippen molar-refractivity contribution < 1.29 is 24.3 Å². The first kappa shape index (κ1) is 32.2. The average molecular weight is 615 g/mol. The number of carboxylic acids is 1. The van der Waals surface area contributed by atoms with Gasteiger partial charge in [-0.3, -0.25) is 14.4 Å². The minimum atomic E-state index is -1.35. The van der Waals surface area contributed by atoms with Crippen LogP contribution in [0.3, 0.4) is 0 Å². The number of carboxylic acid groups (broad SMARTS) is 1. The van der Waals surface area contributed by atoms with E-state index in [2.05, 4.69) is 20.9 Å². The highest BCUT2D eigenvalue weighted by Gasteiger charge is 2.31. The van der Waals surface area contributed by atoms with Gasteiger partial charge in [0.1, 0.15) is 18.1 Å². The zero-order valence-electron chi connectivity index (χ0n) is 24.3. The molecule has 3 unspecified atom stereocenters. The van der Waals surface area contributed by atoms with Crippen LogP contribution in [0.15, 0.2) is 94.5 Å². The molecular formula is C32H34N6O7. The van der Waals surface area contributed by atoms with Gasteiger partial charge in [0.25, 0.3) is 5.56 Å². The first-order valence-electron chi connectivity index (χ1n) is 14.3. The highest BCUT2D eigenvalue weighted by molar-refractivity contribution is 5.92. The normalized spacial score (nSPS) is 12.9. The fraction of sp³-hybridized carbons (Fsp3) is 0.250. The number of hydrogen-bond donors (Lipinski definition) is 6. The predicted octanol–water partition coefficient (Wildman–Crippen LogP) is 1.22. The summed E-state index contributed by atoms with van der Waals surface area (Å²) in [6, 6.07) is 19.3. The number of nitrogens with zero attached hydrogens (tertiary/aromatic N) is 1. The van der Waals surface area contributed by atoms with Crippen LogP contribution < -0.4 is 32.9 Å². The molecule has 0 radical (unpaired) electrons. The van der Waals surface area contributed by atoms with Crippen molar-refractivity contribution in [1.29, 1.82) is 0 Å². The number of carbonyl (C=O) groups excluding carboxylic acids is 3. The molecule has 0 saturated heterocycles. The van der Waals surface area contributed by atoms with Crippen LogP contribution in [0.25, 0.3) is 10.9 Å². The number of hydrogen-bond acceptors (Lipinski definition) is 6. The van der Waals surface area contributed by atoms with Crippen LogP contribution in [0.5, 0.6) is 0 Å². The Morgan fingerprint density at radius 3 is 1.98 bits per heavy atom. The minimum Gasteiger partial charge on any atom is -0.480 e. The number of primary amides is 1. The number of aliphatic carboxylic acids is 1. The quantitative estimate of drug-likeness (QED) is 0.114. The minimum absolute atomic E-state index is 0.00494. The topological polar surface area (TPSA) is 205 Å². The number of rotatable bonds is 14. The maximum Gasteiger partial charge on any atom is 0.329 e. The smallest absolute Gasteiger partial charge is 0.329 e. The van der Waals surface area contributed by atoms with Crippen molar-refractivity contribution in [2.75, 3.05) is 6.54 Å².